The standard InChI is InChI=1S/C4H8Cl2Si/c1-2-3-7(6)4-5/h2-3,7H,4H2,1H3. The fraction of sp³-hybridized carbons (Fsp3) is 0.500. The van der Waals surface area contributed by atoms with Crippen LogP contribution in [0.3, 0.4) is 0 Å². The number of allylic oxidation sites excluding steroid dienone is 1. The molecule has 0 bridgehead atoms. The first-order chi connectivity index (χ1) is 3.31. The molecule has 0 aromatic rings. The lowest BCUT2D eigenvalue weighted by Crippen LogP contribution is -2.00. The van der Waals surface area contributed by atoms with Crippen molar-refractivity contribution in [1.82, 2.24) is 0 Å². The van der Waals surface area contributed by atoms with E-state index in [4.69, 9.17) is 22.7 Å². The fourth-order valence-corrected chi connectivity index (χ4v) is 1.53. The molecule has 0 saturated heterocycles. The number of rotatable bonds is 2. The van der Waals surface area contributed by atoms with E-state index in [1.807, 2.05) is 18.7 Å². The Balaban J connectivity index is 3.16. The topological polar surface area (TPSA) is 0 Å². The Labute approximate surface area is 55.4 Å². The van der Waals surface area contributed by atoms with Crippen LogP contribution in [0.1, 0.15) is 6.92 Å². The van der Waals surface area contributed by atoms with Gasteiger partial charge in [-0.2, -0.15) is 11.1 Å². The summed E-state index contributed by atoms with van der Waals surface area (Å²) in [5.74, 6) is 0. The van der Waals surface area contributed by atoms with Crippen molar-refractivity contribution in [3.05, 3.63) is 11.8 Å². The van der Waals surface area contributed by atoms with Gasteiger partial charge < -0.3 is 0 Å². The minimum Gasteiger partial charge on any atom is -0.165 e. The quantitative estimate of drug-likeness (QED) is 0.324. The van der Waals surface area contributed by atoms with E-state index in [2.05, 4.69) is 0 Å². The van der Waals surface area contributed by atoms with Crippen LogP contribution < -0.4 is 0 Å². The van der Waals surface area contributed by atoms with Crippen LogP contribution in [0.5, 0.6) is 0 Å². The van der Waals surface area contributed by atoms with Gasteiger partial charge in [-0.05, 0) is 6.92 Å². The Hall–Kier alpha value is 0.537. The van der Waals surface area contributed by atoms with Crippen LogP contribution in [-0.2, 0) is 0 Å². The second kappa shape index (κ2) is 4.69. The Morgan fingerprint density at radius 1 is 1.71 bits per heavy atom. The van der Waals surface area contributed by atoms with Gasteiger partial charge in [-0.1, -0.05) is 11.8 Å². The molecular weight excluding hydrogens is 147 g/mol. The van der Waals surface area contributed by atoms with E-state index >= 15 is 0 Å². The highest BCUT2D eigenvalue weighted by molar-refractivity contribution is 7.12. The first-order valence-corrected chi connectivity index (χ1v) is 5.90. The number of halogens is 2. The highest BCUT2D eigenvalue weighted by Crippen LogP contribution is 1.93. The predicted molar refractivity (Wildman–Crippen MR) is 38.5 cm³/mol. The minimum atomic E-state index is -1.12. The van der Waals surface area contributed by atoms with Gasteiger partial charge >= 0.3 is 0 Å². The third kappa shape index (κ3) is 4.39. The van der Waals surface area contributed by atoms with E-state index in [0.29, 0.717) is 5.50 Å². The van der Waals surface area contributed by atoms with Crippen LogP contribution in [-0.4, -0.2) is 13.6 Å². The number of hydrogen-bond donors (Lipinski definition) is 0. The van der Waals surface area contributed by atoms with E-state index in [0.717, 1.165) is 0 Å². The Kier molecular flexibility index (Phi) is 5.05. The van der Waals surface area contributed by atoms with E-state index in [-0.39, 0.29) is 0 Å². The zero-order valence-corrected chi connectivity index (χ0v) is 6.86. The molecule has 0 amide bonds. The minimum absolute atomic E-state index is 0.631. The van der Waals surface area contributed by atoms with E-state index in [1.165, 1.54) is 0 Å². The lowest BCUT2D eigenvalue weighted by atomic mass is 10.8. The summed E-state index contributed by atoms with van der Waals surface area (Å²) in [7, 11) is -1.12. The molecule has 0 aliphatic heterocycles. The zero-order valence-electron chi connectivity index (χ0n) is 4.20. The van der Waals surface area contributed by atoms with Gasteiger partial charge in [0.05, 0.1) is 0 Å². The molecule has 0 aliphatic carbocycles. The normalized spacial score (nSPS) is 15.3. The summed E-state index contributed by atoms with van der Waals surface area (Å²) in [4.78, 5) is 0. The predicted octanol–water partition coefficient (Wildman–Crippen LogP) is 1.84. The zero-order chi connectivity index (χ0) is 5.70. The maximum Gasteiger partial charge on any atom is 0.178 e. The Bertz CT molecular complexity index is 62.7. The average Bonchev–Trinajstić information content (AvgIpc) is 1.68. The van der Waals surface area contributed by atoms with Crippen LogP contribution in [0.25, 0.3) is 0 Å². The molecule has 0 aliphatic rings. The van der Waals surface area contributed by atoms with Crippen molar-refractivity contribution in [2.24, 2.45) is 0 Å². The van der Waals surface area contributed by atoms with Crippen molar-refractivity contribution in [2.75, 3.05) is 5.50 Å². The number of hydrogen-bond acceptors (Lipinski definition) is 0. The molecule has 1 unspecified atom stereocenters. The molecule has 0 N–H and O–H groups in total. The van der Waals surface area contributed by atoms with Crippen molar-refractivity contribution in [1.29, 1.82) is 0 Å². The molecule has 3 heteroatoms. The lowest BCUT2D eigenvalue weighted by molar-refractivity contribution is 1.77. The molecule has 0 nitrogen and oxygen atoms in total. The Morgan fingerprint density at radius 2 is 2.29 bits per heavy atom. The van der Waals surface area contributed by atoms with Gasteiger partial charge in [-0.3, -0.25) is 0 Å². The third-order valence-corrected chi connectivity index (χ3v) is 4.02. The van der Waals surface area contributed by atoms with Crippen LogP contribution in [0.2, 0.25) is 0 Å². The van der Waals surface area contributed by atoms with Gasteiger partial charge in [-0.15, -0.1) is 11.6 Å². The third-order valence-electron chi connectivity index (χ3n) is 0.549. The van der Waals surface area contributed by atoms with Crippen molar-refractivity contribution < 1.29 is 0 Å². The van der Waals surface area contributed by atoms with Crippen LogP contribution >= 0.6 is 22.7 Å². The summed E-state index contributed by atoms with van der Waals surface area (Å²) in [6.07, 6.45) is 1.95. The first-order valence-electron chi connectivity index (χ1n) is 2.14. The molecule has 0 saturated carbocycles. The van der Waals surface area contributed by atoms with E-state index < -0.39 is 8.11 Å². The van der Waals surface area contributed by atoms with Crippen molar-refractivity contribution in [3.63, 3.8) is 0 Å². The SMILES string of the molecule is CC=C[SiH](Cl)CCl. The summed E-state index contributed by atoms with van der Waals surface area (Å²) in [5, 5.41) is 0. The lowest BCUT2D eigenvalue weighted by Gasteiger charge is -1.88. The molecule has 0 radical (unpaired) electrons. The monoisotopic (exact) mass is 154 g/mol. The second-order valence-electron chi connectivity index (χ2n) is 1.20. The average molecular weight is 155 g/mol. The van der Waals surface area contributed by atoms with Crippen LogP contribution in [0.4, 0.5) is 0 Å². The second-order valence-corrected chi connectivity index (χ2v) is 5.53. The summed E-state index contributed by atoms with van der Waals surface area (Å²) < 4.78 is 0. The van der Waals surface area contributed by atoms with Crippen molar-refractivity contribution in [2.45, 2.75) is 6.92 Å². The van der Waals surface area contributed by atoms with Crippen LogP contribution in [0.15, 0.2) is 11.8 Å². The molecular formula is C4H8Cl2Si. The maximum absolute atomic E-state index is 5.69. The molecule has 7 heavy (non-hydrogen) atoms. The molecule has 0 aromatic heterocycles. The van der Waals surface area contributed by atoms with Gasteiger partial charge in [0.15, 0.2) is 8.11 Å². The molecule has 0 rings (SSSR count). The molecule has 0 aromatic carbocycles. The van der Waals surface area contributed by atoms with Gasteiger partial charge in [0.2, 0.25) is 0 Å². The van der Waals surface area contributed by atoms with E-state index in [9.17, 15) is 0 Å². The van der Waals surface area contributed by atoms with Crippen molar-refractivity contribution >= 4 is 30.8 Å². The van der Waals surface area contributed by atoms with Gasteiger partial charge in [0.25, 0.3) is 0 Å². The van der Waals surface area contributed by atoms with Gasteiger partial charge in [0.1, 0.15) is 0 Å². The fourth-order valence-electron chi connectivity index (χ4n) is 0.260. The van der Waals surface area contributed by atoms with E-state index in [1.54, 1.807) is 0 Å². The summed E-state index contributed by atoms with van der Waals surface area (Å²) in [5.41, 5.74) is 2.63. The summed E-state index contributed by atoms with van der Waals surface area (Å²) in [6, 6.07) is 0. The first kappa shape index (κ1) is 7.54. The Morgan fingerprint density at radius 3 is 2.43 bits per heavy atom. The summed E-state index contributed by atoms with van der Waals surface area (Å²) in [6.45, 7) is 1.95. The highest BCUT2D eigenvalue weighted by Gasteiger charge is 1.94. The molecule has 1 atom stereocenters. The van der Waals surface area contributed by atoms with Crippen molar-refractivity contribution in [3.8, 4) is 0 Å². The number of alkyl halides is 1. The maximum atomic E-state index is 5.69. The molecule has 0 fully saturated rings. The largest absolute Gasteiger partial charge is 0.178 e. The molecule has 0 spiro atoms. The van der Waals surface area contributed by atoms with Crippen LogP contribution in [0, 0.1) is 0 Å². The molecule has 42 valence electrons. The molecule has 0 heterocycles. The van der Waals surface area contributed by atoms with Gasteiger partial charge in [0, 0.05) is 5.50 Å². The highest BCUT2D eigenvalue weighted by atomic mass is 35.6. The summed E-state index contributed by atoms with van der Waals surface area (Å²) >= 11 is 11.1. The smallest absolute Gasteiger partial charge is 0.165 e. The van der Waals surface area contributed by atoms with Gasteiger partial charge in [-0.25, -0.2) is 0 Å².